The molecule has 1 amide bonds. The lowest BCUT2D eigenvalue weighted by molar-refractivity contribution is -0.116. The summed E-state index contributed by atoms with van der Waals surface area (Å²) >= 11 is 5.39. The van der Waals surface area contributed by atoms with Gasteiger partial charge >= 0.3 is 5.97 Å². The van der Waals surface area contributed by atoms with Crippen LogP contribution >= 0.6 is 24.0 Å². The zero-order chi connectivity index (χ0) is 11.4. The van der Waals surface area contributed by atoms with Crippen LogP contribution in [0.1, 0.15) is 10.4 Å². The van der Waals surface area contributed by atoms with Crippen molar-refractivity contribution in [2.24, 2.45) is 0 Å². The average molecular weight is 264 g/mol. The van der Waals surface area contributed by atoms with Crippen LogP contribution in [0, 0.1) is 0 Å². The summed E-state index contributed by atoms with van der Waals surface area (Å²) in [5.74, 6) is -1.33. The maximum atomic E-state index is 11.2. The first-order valence-corrected chi connectivity index (χ1v) is 4.75. The molecule has 0 aliphatic heterocycles. The smallest absolute Gasteiger partial charge is 0.335 e. The highest BCUT2D eigenvalue weighted by Gasteiger charge is 2.09. The molecule has 0 saturated heterocycles. The summed E-state index contributed by atoms with van der Waals surface area (Å²) in [6.07, 6.45) is 0. The Kier molecular flexibility index (Phi) is 5.85. The van der Waals surface area contributed by atoms with Crippen molar-refractivity contribution in [3.63, 3.8) is 0 Å². The Labute approximate surface area is 104 Å². The number of hydrogen-bond acceptors (Lipinski definition) is 2. The highest BCUT2D eigenvalue weighted by atomic mass is 35.5. The molecular weight excluding hydrogens is 253 g/mol. The van der Waals surface area contributed by atoms with Crippen molar-refractivity contribution in [2.45, 2.75) is 0 Å². The molecule has 1 aromatic rings. The molecule has 0 fully saturated rings. The lowest BCUT2D eigenvalue weighted by atomic mass is 10.2. The first-order chi connectivity index (χ1) is 7.06. The number of rotatable bonds is 3. The number of carbonyl (C=O) groups excluding carboxylic acids is 1. The Morgan fingerprint density at radius 1 is 1.31 bits per heavy atom. The zero-order valence-electron chi connectivity index (χ0n) is 8.51. The van der Waals surface area contributed by atoms with E-state index in [1.54, 1.807) is 19.2 Å². The summed E-state index contributed by atoms with van der Waals surface area (Å²) in [6.45, 7) is 0. The van der Waals surface area contributed by atoms with E-state index in [0.29, 0.717) is 5.69 Å². The van der Waals surface area contributed by atoms with Gasteiger partial charge in [-0.3, -0.25) is 4.79 Å². The van der Waals surface area contributed by atoms with Crippen molar-refractivity contribution >= 4 is 41.6 Å². The van der Waals surface area contributed by atoms with Crippen LogP contribution in [0.25, 0.3) is 0 Å². The van der Waals surface area contributed by atoms with Crippen LogP contribution in [0.3, 0.4) is 0 Å². The Balaban J connectivity index is 0.00000225. The molecular formula is C10H11Cl2NO3. The van der Waals surface area contributed by atoms with Crippen LogP contribution < -0.4 is 4.90 Å². The summed E-state index contributed by atoms with van der Waals surface area (Å²) in [7, 11) is 1.58. The second kappa shape index (κ2) is 6.35. The molecule has 0 radical (unpaired) electrons. The van der Waals surface area contributed by atoms with E-state index in [0.717, 1.165) is 0 Å². The van der Waals surface area contributed by atoms with E-state index in [1.165, 1.54) is 17.0 Å². The number of aromatic carboxylic acids is 1. The summed E-state index contributed by atoms with van der Waals surface area (Å²) < 4.78 is 0. The SMILES string of the molecule is CN(C(=O)CCl)c1ccc(C(=O)O)cc1.Cl. The number of benzene rings is 1. The molecule has 0 bridgehead atoms. The van der Waals surface area contributed by atoms with Crippen LogP contribution in [0.15, 0.2) is 24.3 Å². The number of amides is 1. The minimum atomic E-state index is -0.993. The number of alkyl halides is 1. The van der Waals surface area contributed by atoms with Gasteiger partial charge in [-0.25, -0.2) is 4.79 Å². The Morgan fingerprint density at radius 2 is 1.81 bits per heavy atom. The zero-order valence-corrected chi connectivity index (χ0v) is 10.1. The fourth-order valence-corrected chi connectivity index (χ4v) is 1.24. The first kappa shape index (κ1) is 14.7. The normalized spacial score (nSPS) is 9.12. The molecule has 4 nitrogen and oxygen atoms in total. The largest absolute Gasteiger partial charge is 0.478 e. The first-order valence-electron chi connectivity index (χ1n) is 4.22. The van der Waals surface area contributed by atoms with Gasteiger partial charge in [0, 0.05) is 12.7 Å². The second-order valence-corrected chi connectivity index (χ2v) is 3.21. The van der Waals surface area contributed by atoms with Gasteiger partial charge in [-0.05, 0) is 24.3 Å². The van der Waals surface area contributed by atoms with Crippen LogP contribution in [0.5, 0.6) is 0 Å². The molecule has 1 aromatic carbocycles. The fraction of sp³-hybridized carbons (Fsp3) is 0.200. The van der Waals surface area contributed by atoms with Crippen molar-refractivity contribution in [3.8, 4) is 0 Å². The third-order valence-electron chi connectivity index (χ3n) is 1.99. The van der Waals surface area contributed by atoms with Crippen molar-refractivity contribution < 1.29 is 14.7 Å². The second-order valence-electron chi connectivity index (χ2n) is 2.94. The average Bonchev–Trinajstić information content (AvgIpc) is 2.27. The summed E-state index contributed by atoms with van der Waals surface area (Å²) in [6, 6.07) is 6.01. The van der Waals surface area contributed by atoms with E-state index in [4.69, 9.17) is 16.7 Å². The minimum Gasteiger partial charge on any atom is -0.478 e. The highest BCUT2D eigenvalue weighted by molar-refractivity contribution is 6.29. The van der Waals surface area contributed by atoms with E-state index in [1.807, 2.05) is 0 Å². The molecule has 0 aliphatic carbocycles. The topological polar surface area (TPSA) is 57.6 Å². The van der Waals surface area contributed by atoms with Gasteiger partial charge in [0.25, 0.3) is 0 Å². The van der Waals surface area contributed by atoms with E-state index in [2.05, 4.69) is 0 Å². The van der Waals surface area contributed by atoms with E-state index >= 15 is 0 Å². The number of halogens is 2. The lowest BCUT2D eigenvalue weighted by Crippen LogP contribution is -2.27. The van der Waals surface area contributed by atoms with Gasteiger partial charge in [0.15, 0.2) is 0 Å². The quantitative estimate of drug-likeness (QED) is 0.849. The predicted octanol–water partition coefficient (Wildman–Crippen LogP) is 2.01. The fourth-order valence-electron chi connectivity index (χ4n) is 1.06. The molecule has 1 N–H and O–H groups in total. The number of carbonyl (C=O) groups is 2. The summed E-state index contributed by atoms with van der Waals surface area (Å²) in [5, 5.41) is 8.67. The van der Waals surface area contributed by atoms with Crippen molar-refractivity contribution in [1.29, 1.82) is 0 Å². The molecule has 1 rings (SSSR count). The van der Waals surface area contributed by atoms with Gasteiger partial charge in [0.05, 0.1) is 5.56 Å². The van der Waals surface area contributed by atoms with E-state index < -0.39 is 5.97 Å². The molecule has 0 unspecified atom stereocenters. The summed E-state index contributed by atoms with van der Waals surface area (Å²) in [5.41, 5.74) is 0.802. The van der Waals surface area contributed by atoms with Crippen LogP contribution in [0.4, 0.5) is 5.69 Å². The lowest BCUT2D eigenvalue weighted by Gasteiger charge is -2.15. The molecule has 0 heterocycles. The molecule has 16 heavy (non-hydrogen) atoms. The van der Waals surface area contributed by atoms with Crippen LogP contribution in [0.2, 0.25) is 0 Å². The molecule has 0 aromatic heterocycles. The summed E-state index contributed by atoms with van der Waals surface area (Å²) in [4.78, 5) is 23.2. The standard InChI is InChI=1S/C10H10ClNO3.ClH/c1-12(9(13)6-11)8-4-2-7(3-5-8)10(14)15;/h2-5H,6H2,1H3,(H,14,15);1H. The number of carboxylic acids is 1. The van der Waals surface area contributed by atoms with Crippen molar-refractivity contribution in [2.75, 3.05) is 17.8 Å². The van der Waals surface area contributed by atoms with Crippen molar-refractivity contribution in [3.05, 3.63) is 29.8 Å². The number of hydrogen-bond donors (Lipinski definition) is 1. The molecule has 0 spiro atoms. The van der Waals surface area contributed by atoms with E-state index in [-0.39, 0.29) is 29.8 Å². The molecule has 88 valence electrons. The Hall–Kier alpha value is -1.26. The predicted molar refractivity (Wildman–Crippen MR) is 64.8 cm³/mol. The van der Waals surface area contributed by atoms with Gasteiger partial charge in [0.1, 0.15) is 5.88 Å². The Morgan fingerprint density at radius 3 is 2.19 bits per heavy atom. The highest BCUT2D eigenvalue weighted by Crippen LogP contribution is 2.14. The maximum Gasteiger partial charge on any atom is 0.335 e. The van der Waals surface area contributed by atoms with Gasteiger partial charge in [0.2, 0.25) is 5.91 Å². The number of nitrogens with zero attached hydrogens (tertiary/aromatic N) is 1. The minimum absolute atomic E-state index is 0. The van der Waals surface area contributed by atoms with Crippen LogP contribution in [-0.2, 0) is 4.79 Å². The molecule has 6 heteroatoms. The van der Waals surface area contributed by atoms with Gasteiger partial charge < -0.3 is 10.0 Å². The number of carboxylic acid groups (broad SMARTS) is 1. The van der Waals surface area contributed by atoms with Gasteiger partial charge in [-0.1, -0.05) is 0 Å². The monoisotopic (exact) mass is 263 g/mol. The van der Waals surface area contributed by atoms with Gasteiger partial charge in [-0.2, -0.15) is 0 Å². The van der Waals surface area contributed by atoms with E-state index in [9.17, 15) is 9.59 Å². The van der Waals surface area contributed by atoms with Crippen molar-refractivity contribution in [1.82, 2.24) is 0 Å². The maximum absolute atomic E-state index is 11.2. The number of anilines is 1. The molecule has 0 saturated carbocycles. The molecule has 0 atom stereocenters. The van der Waals surface area contributed by atoms with Gasteiger partial charge in [-0.15, -0.1) is 24.0 Å². The third-order valence-corrected chi connectivity index (χ3v) is 2.22. The molecule has 0 aliphatic rings. The van der Waals surface area contributed by atoms with Crippen LogP contribution in [-0.4, -0.2) is 29.9 Å². The Bertz CT molecular complexity index is 378. The third kappa shape index (κ3) is 3.40.